The Bertz CT molecular complexity index is 815. The molecule has 3 rings (SSSR count). The van der Waals surface area contributed by atoms with Crippen molar-refractivity contribution in [2.75, 3.05) is 0 Å². The highest BCUT2D eigenvalue weighted by molar-refractivity contribution is 5.93. The Morgan fingerprint density at radius 3 is 2.59 bits per heavy atom. The molecule has 0 radical (unpaired) electrons. The highest BCUT2D eigenvalue weighted by Gasteiger charge is 2.31. The van der Waals surface area contributed by atoms with Crippen molar-refractivity contribution < 1.29 is 14.6 Å². The van der Waals surface area contributed by atoms with E-state index in [2.05, 4.69) is 0 Å². The van der Waals surface area contributed by atoms with Gasteiger partial charge in [-0.25, -0.2) is 4.79 Å². The first kappa shape index (κ1) is 14.6. The minimum Gasteiger partial charge on any atom is -0.491 e. The van der Waals surface area contributed by atoms with Gasteiger partial charge in [0, 0.05) is 23.1 Å². The van der Waals surface area contributed by atoms with Crippen molar-refractivity contribution in [3.63, 3.8) is 0 Å². The number of nitrogens with zero attached hydrogens (tertiary/aromatic N) is 1. The lowest BCUT2D eigenvalue weighted by atomic mass is 10.1. The second kappa shape index (κ2) is 5.16. The second-order valence-electron chi connectivity index (χ2n) is 6.05. The first-order chi connectivity index (χ1) is 10.4. The molecule has 0 amide bonds. The van der Waals surface area contributed by atoms with Gasteiger partial charge in [-0.15, -0.1) is 0 Å². The van der Waals surface area contributed by atoms with Crippen molar-refractivity contribution in [2.24, 2.45) is 0 Å². The summed E-state index contributed by atoms with van der Waals surface area (Å²) >= 11 is 0. The number of fused-ring (bicyclic) bond motifs is 1. The average molecular weight is 301 g/mol. The maximum atomic E-state index is 12.5. The van der Waals surface area contributed by atoms with Crippen molar-refractivity contribution in [1.29, 1.82) is 0 Å². The van der Waals surface area contributed by atoms with Crippen LogP contribution in [0.5, 0.6) is 5.75 Å². The zero-order valence-corrected chi connectivity index (χ0v) is 12.9. The molecular formula is C17H19NO4. The number of aromatic nitrogens is 1. The maximum absolute atomic E-state index is 12.5. The first-order valence-corrected chi connectivity index (χ1v) is 7.49. The fourth-order valence-electron chi connectivity index (χ4n) is 2.83. The molecule has 0 saturated heterocycles. The predicted molar refractivity (Wildman–Crippen MR) is 83.9 cm³/mol. The van der Waals surface area contributed by atoms with Gasteiger partial charge in [0.25, 0.3) is 0 Å². The number of aromatic carboxylic acids is 1. The number of pyridine rings is 1. The van der Waals surface area contributed by atoms with Gasteiger partial charge < -0.3 is 14.4 Å². The molecule has 0 bridgehead atoms. The van der Waals surface area contributed by atoms with Crippen molar-refractivity contribution in [2.45, 2.75) is 45.8 Å². The number of carbonyl (C=O) groups is 1. The summed E-state index contributed by atoms with van der Waals surface area (Å²) in [6.45, 7) is 5.44. The van der Waals surface area contributed by atoms with Crippen LogP contribution in [-0.2, 0) is 0 Å². The molecule has 1 N–H and O–H groups in total. The Labute approximate surface area is 128 Å². The lowest BCUT2D eigenvalue weighted by Crippen LogP contribution is -2.21. The van der Waals surface area contributed by atoms with Crippen LogP contribution in [0.3, 0.4) is 0 Å². The summed E-state index contributed by atoms with van der Waals surface area (Å²) < 4.78 is 7.48. The zero-order valence-electron chi connectivity index (χ0n) is 12.9. The van der Waals surface area contributed by atoms with Crippen molar-refractivity contribution in [3.8, 4) is 5.75 Å². The molecule has 2 aromatic rings. The molecule has 0 aliphatic heterocycles. The van der Waals surface area contributed by atoms with E-state index in [-0.39, 0.29) is 23.3 Å². The number of benzene rings is 1. The van der Waals surface area contributed by atoms with Gasteiger partial charge in [0.1, 0.15) is 11.4 Å². The summed E-state index contributed by atoms with van der Waals surface area (Å²) in [4.78, 5) is 24.1. The van der Waals surface area contributed by atoms with Crippen LogP contribution in [0, 0.1) is 6.92 Å². The van der Waals surface area contributed by atoms with Crippen molar-refractivity contribution in [3.05, 3.63) is 39.7 Å². The molecule has 1 aliphatic rings. The molecule has 1 fully saturated rings. The number of rotatable bonds is 4. The third-order valence-corrected chi connectivity index (χ3v) is 3.90. The summed E-state index contributed by atoms with van der Waals surface area (Å²) in [6, 6.07) is 5.43. The molecular weight excluding hydrogens is 282 g/mol. The van der Waals surface area contributed by atoms with Crippen molar-refractivity contribution >= 4 is 16.9 Å². The van der Waals surface area contributed by atoms with Gasteiger partial charge in [0.15, 0.2) is 5.43 Å². The summed E-state index contributed by atoms with van der Waals surface area (Å²) in [5.41, 5.74) is 0.820. The standard InChI is InChI=1S/C17H19NO4/c1-9(2)22-12-6-7-13-14(8-12)18(11-4-5-11)15(17(20)21)10(3)16(13)19/h6-9,11H,4-5H2,1-3H3,(H,20,21). The van der Waals surface area contributed by atoms with Crippen LogP contribution in [0.25, 0.3) is 10.9 Å². The quantitative estimate of drug-likeness (QED) is 0.942. The smallest absolute Gasteiger partial charge is 0.352 e. The average Bonchev–Trinajstić information content (AvgIpc) is 3.25. The monoisotopic (exact) mass is 301 g/mol. The molecule has 5 nitrogen and oxygen atoms in total. The highest BCUT2D eigenvalue weighted by Crippen LogP contribution is 2.39. The van der Waals surface area contributed by atoms with E-state index in [1.807, 2.05) is 13.8 Å². The molecule has 1 aromatic heterocycles. The molecule has 1 aromatic carbocycles. The van der Waals surface area contributed by atoms with Crippen LogP contribution < -0.4 is 10.2 Å². The van der Waals surface area contributed by atoms with Gasteiger partial charge in [-0.05, 0) is 45.7 Å². The van der Waals surface area contributed by atoms with Gasteiger partial charge in [0.2, 0.25) is 0 Å². The van der Waals surface area contributed by atoms with E-state index in [0.717, 1.165) is 12.8 Å². The Morgan fingerprint density at radius 1 is 1.36 bits per heavy atom. The topological polar surface area (TPSA) is 68.5 Å². The minimum absolute atomic E-state index is 0.0166. The summed E-state index contributed by atoms with van der Waals surface area (Å²) in [7, 11) is 0. The van der Waals surface area contributed by atoms with Crippen LogP contribution in [-0.4, -0.2) is 21.7 Å². The van der Waals surface area contributed by atoms with Crippen molar-refractivity contribution in [1.82, 2.24) is 4.57 Å². The van der Waals surface area contributed by atoms with Gasteiger partial charge >= 0.3 is 5.97 Å². The Kier molecular flexibility index (Phi) is 3.43. The number of carboxylic acids is 1. The molecule has 0 spiro atoms. The molecule has 1 saturated carbocycles. The maximum Gasteiger partial charge on any atom is 0.352 e. The third kappa shape index (κ3) is 2.36. The van der Waals surface area contributed by atoms with Gasteiger partial charge in [-0.2, -0.15) is 0 Å². The second-order valence-corrected chi connectivity index (χ2v) is 6.05. The SMILES string of the molecule is Cc1c(C(=O)O)n(C2CC2)c2cc(OC(C)C)ccc2c1=O. The number of hydrogen-bond donors (Lipinski definition) is 1. The van der Waals surface area contributed by atoms with Crippen LogP contribution >= 0.6 is 0 Å². The zero-order chi connectivity index (χ0) is 16.0. The molecule has 116 valence electrons. The normalized spacial score (nSPS) is 14.5. The Hall–Kier alpha value is -2.30. The van der Waals surface area contributed by atoms with E-state index >= 15 is 0 Å². The fraction of sp³-hybridized carbons (Fsp3) is 0.412. The van der Waals surface area contributed by atoms with E-state index in [9.17, 15) is 14.7 Å². The van der Waals surface area contributed by atoms with E-state index in [4.69, 9.17) is 4.74 Å². The molecule has 1 heterocycles. The van der Waals surface area contributed by atoms with Crippen LogP contribution in [0.4, 0.5) is 0 Å². The number of hydrogen-bond acceptors (Lipinski definition) is 3. The van der Waals surface area contributed by atoms with Crippen LogP contribution in [0.1, 0.15) is 48.8 Å². The summed E-state index contributed by atoms with van der Waals surface area (Å²) in [6.07, 6.45) is 1.89. The molecule has 0 unspecified atom stereocenters. The molecule has 22 heavy (non-hydrogen) atoms. The van der Waals surface area contributed by atoms with E-state index in [1.54, 1.807) is 29.7 Å². The van der Waals surface area contributed by atoms with Crippen LogP contribution in [0.2, 0.25) is 0 Å². The molecule has 5 heteroatoms. The van der Waals surface area contributed by atoms with E-state index in [0.29, 0.717) is 22.2 Å². The first-order valence-electron chi connectivity index (χ1n) is 7.49. The summed E-state index contributed by atoms with van der Waals surface area (Å²) in [5, 5.41) is 10.1. The van der Waals surface area contributed by atoms with Gasteiger partial charge in [0.05, 0.1) is 11.6 Å². The molecule has 1 aliphatic carbocycles. The van der Waals surface area contributed by atoms with Crippen LogP contribution in [0.15, 0.2) is 23.0 Å². The highest BCUT2D eigenvalue weighted by atomic mass is 16.5. The van der Waals surface area contributed by atoms with E-state index < -0.39 is 5.97 Å². The van der Waals surface area contributed by atoms with E-state index in [1.165, 1.54) is 0 Å². The number of ether oxygens (including phenoxy) is 1. The van der Waals surface area contributed by atoms with Gasteiger partial charge in [-0.1, -0.05) is 0 Å². The lowest BCUT2D eigenvalue weighted by Gasteiger charge is -2.17. The fourth-order valence-corrected chi connectivity index (χ4v) is 2.83. The summed E-state index contributed by atoms with van der Waals surface area (Å²) in [5.74, 6) is -0.407. The minimum atomic E-state index is -1.06. The molecule has 0 atom stereocenters. The largest absolute Gasteiger partial charge is 0.491 e. The van der Waals surface area contributed by atoms with Gasteiger partial charge in [-0.3, -0.25) is 4.79 Å². The number of carboxylic acid groups (broad SMARTS) is 1. The Balaban J connectivity index is 2.35. The third-order valence-electron chi connectivity index (χ3n) is 3.90. The Morgan fingerprint density at radius 2 is 2.05 bits per heavy atom. The lowest BCUT2D eigenvalue weighted by molar-refractivity contribution is 0.0683. The predicted octanol–water partition coefficient (Wildman–Crippen LogP) is 3.13.